The maximum atomic E-state index is 12.7. The van der Waals surface area contributed by atoms with E-state index in [4.69, 9.17) is 0 Å². The maximum Gasteiger partial charge on any atom is 0.227 e. The average Bonchev–Trinajstić information content (AvgIpc) is 2.88. The molecular formula is C20H28N4O2. The van der Waals surface area contributed by atoms with Crippen molar-refractivity contribution in [1.82, 2.24) is 19.8 Å². The summed E-state index contributed by atoms with van der Waals surface area (Å²) >= 11 is 0. The topological polar surface area (TPSA) is 69.3 Å². The second-order valence-electron chi connectivity index (χ2n) is 6.93. The van der Waals surface area contributed by atoms with Crippen LogP contribution < -0.4 is 0 Å². The van der Waals surface area contributed by atoms with Crippen molar-refractivity contribution in [3.8, 4) is 0 Å². The Morgan fingerprint density at radius 1 is 1.08 bits per heavy atom. The van der Waals surface area contributed by atoms with Crippen molar-refractivity contribution < 1.29 is 9.59 Å². The molecule has 2 heterocycles. The Morgan fingerprint density at radius 3 is 2.50 bits per heavy atom. The summed E-state index contributed by atoms with van der Waals surface area (Å²) in [5.74, 6) is 1.30. The Labute approximate surface area is 154 Å². The Balaban J connectivity index is 1.61. The van der Waals surface area contributed by atoms with E-state index in [2.05, 4.69) is 16.9 Å². The van der Waals surface area contributed by atoms with Gasteiger partial charge < -0.3 is 14.8 Å². The highest BCUT2D eigenvalue weighted by Crippen LogP contribution is 2.16. The highest BCUT2D eigenvalue weighted by molar-refractivity contribution is 5.82. The highest BCUT2D eigenvalue weighted by atomic mass is 16.2. The van der Waals surface area contributed by atoms with Gasteiger partial charge in [-0.2, -0.15) is 0 Å². The minimum atomic E-state index is 0.129. The molecule has 26 heavy (non-hydrogen) atoms. The molecule has 1 aliphatic rings. The van der Waals surface area contributed by atoms with E-state index in [-0.39, 0.29) is 11.8 Å². The monoisotopic (exact) mass is 356 g/mol. The number of nitrogens with zero attached hydrogens (tertiary/aromatic N) is 3. The normalized spacial score (nSPS) is 15.3. The van der Waals surface area contributed by atoms with Crippen molar-refractivity contribution in [3.63, 3.8) is 0 Å². The lowest BCUT2D eigenvalue weighted by Gasteiger charge is -2.22. The van der Waals surface area contributed by atoms with Gasteiger partial charge in [0.25, 0.3) is 0 Å². The van der Waals surface area contributed by atoms with Gasteiger partial charge in [-0.15, -0.1) is 0 Å². The summed E-state index contributed by atoms with van der Waals surface area (Å²) < 4.78 is 0. The summed E-state index contributed by atoms with van der Waals surface area (Å²) in [6.45, 7) is 6.83. The molecule has 0 bridgehead atoms. The predicted octanol–water partition coefficient (Wildman–Crippen LogP) is 2.53. The van der Waals surface area contributed by atoms with E-state index in [9.17, 15) is 9.59 Å². The first-order valence-corrected chi connectivity index (χ1v) is 9.63. The molecule has 1 N–H and O–H groups in total. The fourth-order valence-electron chi connectivity index (χ4n) is 3.46. The Morgan fingerprint density at radius 2 is 1.81 bits per heavy atom. The number of rotatable bonds is 5. The smallest absolute Gasteiger partial charge is 0.227 e. The molecule has 1 aliphatic heterocycles. The SMILES string of the molecule is CCCC(=O)N1CCCN(C(=O)Cc2ccc3nc(CC)[nH]c3c2)CC1. The van der Waals surface area contributed by atoms with Gasteiger partial charge in [-0.25, -0.2) is 4.98 Å². The van der Waals surface area contributed by atoms with Crippen LogP contribution in [0.4, 0.5) is 0 Å². The average molecular weight is 356 g/mol. The zero-order valence-corrected chi connectivity index (χ0v) is 15.8. The molecular weight excluding hydrogens is 328 g/mol. The molecule has 0 aliphatic carbocycles. The molecule has 1 fully saturated rings. The van der Waals surface area contributed by atoms with Crippen molar-refractivity contribution in [2.45, 2.75) is 46.0 Å². The minimum Gasteiger partial charge on any atom is -0.342 e. The largest absolute Gasteiger partial charge is 0.342 e. The number of nitrogens with one attached hydrogen (secondary N) is 1. The summed E-state index contributed by atoms with van der Waals surface area (Å²) in [4.78, 5) is 36.4. The number of carbonyl (C=O) groups is 2. The minimum absolute atomic E-state index is 0.129. The number of fused-ring (bicyclic) bond motifs is 1. The molecule has 0 radical (unpaired) electrons. The quantitative estimate of drug-likeness (QED) is 0.895. The van der Waals surface area contributed by atoms with E-state index in [1.54, 1.807) is 0 Å². The molecule has 1 aromatic carbocycles. The molecule has 0 unspecified atom stereocenters. The number of carbonyl (C=O) groups excluding carboxylic acids is 2. The van der Waals surface area contributed by atoms with Crippen LogP contribution in [0.3, 0.4) is 0 Å². The summed E-state index contributed by atoms with van der Waals surface area (Å²) in [7, 11) is 0. The number of imidazole rings is 1. The van der Waals surface area contributed by atoms with Gasteiger partial charge in [-0.3, -0.25) is 9.59 Å². The molecule has 1 aromatic heterocycles. The number of amides is 2. The molecule has 0 spiro atoms. The number of hydrogen-bond donors (Lipinski definition) is 1. The summed E-state index contributed by atoms with van der Waals surface area (Å²) in [5.41, 5.74) is 2.93. The van der Waals surface area contributed by atoms with E-state index in [1.807, 2.05) is 34.9 Å². The van der Waals surface area contributed by atoms with E-state index in [0.717, 1.165) is 54.8 Å². The summed E-state index contributed by atoms with van der Waals surface area (Å²) in [6, 6.07) is 5.98. The summed E-state index contributed by atoms with van der Waals surface area (Å²) in [5, 5.41) is 0. The van der Waals surface area contributed by atoms with Crippen LogP contribution in [0.15, 0.2) is 18.2 Å². The molecule has 3 rings (SSSR count). The first kappa shape index (κ1) is 18.4. The van der Waals surface area contributed by atoms with Crippen LogP contribution in [-0.2, 0) is 22.4 Å². The van der Waals surface area contributed by atoms with Crippen molar-refractivity contribution in [2.24, 2.45) is 0 Å². The number of aryl methyl sites for hydroxylation is 1. The first-order chi connectivity index (χ1) is 12.6. The highest BCUT2D eigenvalue weighted by Gasteiger charge is 2.21. The van der Waals surface area contributed by atoms with Crippen molar-refractivity contribution in [1.29, 1.82) is 0 Å². The molecule has 6 nitrogen and oxygen atoms in total. The fraction of sp³-hybridized carbons (Fsp3) is 0.550. The van der Waals surface area contributed by atoms with Gasteiger partial charge in [0.15, 0.2) is 0 Å². The molecule has 140 valence electrons. The second kappa shape index (κ2) is 8.34. The van der Waals surface area contributed by atoms with Gasteiger partial charge in [0, 0.05) is 39.0 Å². The zero-order valence-electron chi connectivity index (χ0n) is 15.8. The Kier molecular flexibility index (Phi) is 5.91. The zero-order chi connectivity index (χ0) is 18.5. The third-order valence-corrected chi connectivity index (χ3v) is 4.95. The third kappa shape index (κ3) is 4.23. The molecule has 2 aromatic rings. The van der Waals surface area contributed by atoms with Gasteiger partial charge in [-0.05, 0) is 30.5 Å². The lowest BCUT2D eigenvalue weighted by molar-refractivity contribution is -0.133. The Hall–Kier alpha value is -2.37. The van der Waals surface area contributed by atoms with Gasteiger partial charge in [0.1, 0.15) is 5.82 Å². The third-order valence-electron chi connectivity index (χ3n) is 4.95. The molecule has 0 atom stereocenters. The van der Waals surface area contributed by atoms with Crippen molar-refractivity contribution >= 4 is 22.8 Å². The number of aromatic nitrogens is 2. The second-order valence-corrected chi connectivity index (χ2v) is 6.93. The number of H-pyrrole nitrogens is 1. The van der Waals surface area contributed by atoms with Crippen LogP contribution in [0, 0.1) is 0 Å². The number of hydrogen-bond acceptors (Lipinski definition) is 3. The van der Waals surface area contributed by atoms with Crippen LogP contribution in [-0.4, -0.2) is 57.8 Å². The van der Waals surface area contributed by atoms with Gasteiger partial charge in [0.05, 0.1) is 17.5 Å². The van der Waals surface area contributed by atoms with Gasteiger partial charge in [0.2, 0.25) is 11.8 Å². The molecule has 6 heteroatoms. The number of benzene rings is 1. The summed E-state index contributed by atoms with van der Waals surface area (Å²) in [6.07, 6.45) is 3.57. The molecule has 0 saturated carbocycles. The lowest BCUT2D eigenvalue weighted by atomic mass is 10.1. The van der Waals surface area contributed by atoms with Gasteiger partial charge in [-0.1, -0.05) is 19.9 Å². The van der Waals surface area contributed by atoms with E-state index < -0.39 is 0 Å². The number of aromatic amines is 1. The van der Waals surface area contributed by atoms with Crippen LogP contribution in [0.1, 0.15) is 44.5 Å². The van der Waals surface area contributed by atoms with Crippen LogP contribution in [0.25, 0.3) is 11.0 Å². The van der Waals surface area contributed by atoms with Crippen LogP contribution in [0.5, 0.6) is 0 Å². The Bertz CT molecular complexity index is 783. The van der Waals surface area contributed by atoms with Crippen LogP contribution in [0.2, 0.25) is 0 Å². The first-order valence-electron chi connectivity index (χ1n) is 9.63. The molecule has 1 saturated heterocycles. The standard InChI is InChI=1S/C20H28N4O2/c1-3-6-19(25)23-9-5-10-24(12-11-23)20(26)14-15-7-8-16-17(13-15)22-18(4-2)21-16/h7-8,13H,3-6,9-12,14H2,1-2H3,(H,21,22). The van der Waals surface area contributed by atoms with Crippen molar-refractivity contribution in [2.75, 3.05) is 26.2 Å². The fourth-order valence-corrected chi connectivity index (χ4v) is 3.46. The lowest BCUT2D eigenvalue weighted by Crippen LogP contribution is -2.37. The van der Waals surface area contributed by atoms with Crippen molar-refractivity contribution in [3.05, 3.63) is 29.6 Å². The van der Waals surface area contributed by atoms with Crippen LogP contribution >= 0.6 is 0 Å². The maximum absolute atomic E-state index is 12.7. The van der Waals surface area contributed by atoms with E-state index >= 15 is 0 Å². The van der Waals surface area contributed by atoms with Gasteiger partial charge >= 0.3 is 0 Å². The van der Waals surface area contributed by atoms with E-state index in [1.165, 1.54) is 0 Å². The van der Waals surface area contributed by atoms with E-state index in [0.29, 0.717) is 25.9 Å². The molecule has 2 amide bonds. The predicted molar refractivity (Wildman–Crippen MR) is 102 cm³/mol.